The first-order valence-electron chi connectivity index (χ1n) is 10.9. The van der Waals surface area contributed by atoms with Crippen molar-refractivity contribution in [1.82, 2.24) is 4.40 Å². The summed E-state index contributed by atoms with van der Waals surface area (Å²) in [5, 5.41) is 16.2. The molecule has 0 atom stereocenters. The Hall–Kier alpha value is -3.64. The Morgan fingerprint density at radius 3 is 2.45 bits per heavy atom. The van der Waals surface area contributed by atoms with Crippen LogP contribution in [-0.2, 0) is 7.05 Å². The number of fused-ring (bicyclic) bond motifs is 5. The second-order valence-electron chi connectivity index (χ2n) is 9.12. The van der Waals surface area contributed by atoms with Crippen molar-refractivity contribution in [2.45, 2.75) is 33.6 Å². The molecule has 150 valence electrons. The minimum Gasteiger partial charge on any atom is -0.307 e. The van der Waals surface area contributed by atoms with E-state index in [9.17, 15) is 5.26 Å². The average Bonchev–Trinajstić information content (AvgIpc) is 3.10. The molecule has 6 aromatic rings. The number of nitrogens with zero attached hydrogens (tertiary/aromatic N) is 3. The summed E-state index contributed by atoms with van der Waals surface area (Å²) in [7, 11) is 2.13. The van der Waals surface area contributed by atoms with Gasteiger partial charge in [-0.1, -0.05) is 38.1 Å². The van der Waals surface area contributed by atoms with E-state index in [2.05, 4.69) is 98.4 Å². The summed E-state index contributed by atoms with van der Waals surface area (Å²) in [5.41, 5.74) is 9.19. The molecule has 31 heavy (non-hydrogen) atoms. The molecule has 0 N–H and O–H groups in total. The number of aromatic nitrogens is 2. The third kappa shape index (κ3) is 2.10. The van der Waals surface area contributed by atoms with Crippen molar-refractivity contribution in [3.63, 3.8) is 0 Å². The molecule has 0 aliphatic carbocycles. The van der Waals surface area contributed by atoms with Gasteiger partial charge in [0.2, 0.25) is 5.52 Å². The van der Waals surface area contributed by atoms with E-state index in [4.69, 9.17) is 0 Å². The summed E-state index contributed by atoms with van der Waals surface area (Å²) >= 11 is 0. The maximum Gasteiger partial charge on any atom is 0.224 e. The molecular formula is C28H24N3+. The van der Waals surface area contributed by atoms with Gasteiger partial charge < -0.3 is 4.40 Å². The molecule has 0 bridgehead atoms. The van der Waals surface area contributed by atoms with Crippen LogP contribution < -0.4 is 4.57 Å². The number of hydrogen-bond acceptors (Lipinski definition) is 1. The Balaban J connectivity index is 2.13. The van der Waals surface area contributed by atoms with Gasteiger partial charge in [0.05, 0.1) is 32.9 Å². The number of pyridine rings is 2. The molecule has 0 aliphatic heterocycles. The third-order valence-electron chi connectivity index (χ3n) is 7.17. The molecule has 0 unspecified atom stereocenters. The van der Waals surface area contributed by atoms with Crippen LogP contribution in [0, 0.1) is 25.2 Å². The van der Waals surface area contributed by atoms with Crippen LogP contribution in [0.5, 0.6) is 0 Å². The summed E-state index contributed by atoms with van der Waals surface area (Å²) in [6, 6.07) is 18.0. The van der Waals surface area contributed by atoms with Crippen molar-refractivity contribution < 1.29 is 4.57 Å². The van der Waals surface area contributed by atoms with Crippen LogP contribution in [0.2, 0.25) is 0 Å². The SMILES string of the molecule is Cc1c(C#N)c2c3ccccc3n3c4cc(C(C)C)cc5cc[n+](C)c(c(c1C)c23)c54. The van der Waals surface area contributed by atoms with E-state index in [1.54, 1.807) is 0 Å². The van der Waals surface area contributed by atoms with Gasteiger partial charge in [0.25, 0.3) is 0 Å². The van der Waals surface area contributed by atoms with Crippen molar-refractivity contribution in [3.8, 4) is 6.07 Å². The van der Waals surface area contributed by atoms with Gasteiger partial charge in [-0.05, 0) is 54.0 Å². The maximum atomic E-state index is 10.1. The second kappa shape index (κ2) is 5.95. The Morgan fingerprint density at radius 1 is 0.935 bits per heavy atom. The molecule has 0 saturated heterocycles. The van der Waals surface area contributed by atoms with Crippen LogP contribution in [0.1, 0.15) is 42.0 Å². The number of nitriles is 1. The van der Waals surface area contributed by atoms with Gasteiger partial charge in [0, 0.05) is 16.8 Å². The fourth-order valence-corrected chi connectivity index (χ4v) is 5.46. The van der Waals surface area contributed by atoms with Gasteiger partial charge in [0.1, 0.15) is 13.1 Å². The van der Waals surface area contributed by atoms with Crippen molar-refractivity contribution in [2.75, 3.05) is 0 Å². The lowest BCUT2D eigenvalue weighted by molar-refractivity contribution is -0.643. The Morgan fingerprint density at radius 2 is 1.71 bits per heavy atom. The Bertz CT molecular complexity index is 1740. The van der Waals surface area contributed by atoms with E-state index >= 15 is 0 Å². The van der Waals surface area contributed by atoms with Crippen LogP contribution in [-0.4, -0.2) is 4.40 Å². The average molecular weight is 403 g/mol. The zero-order chi connectivity index (χ0) is 21.6. The van der Waals surface area contributed by atoms with Gasteiger partial charge >= 0.3 is 0 Å². The van der Waals surface area contributed by atoms with Crippen LogP contribution in [0.15, 0.2) is 48.7 Å². The lowest BCUT2D eigenvalue weighted by Crippen LogP contribution is -2.29. The molecule has 3 aromatic heterocycles. The fourth-order valence-electron chi connectivity index (χ4n) is 5.46. The fraction of sp³-hybridized carbons (Fsp3) is 0.214. The number of benzene rings is 3. The van der Waals surface area contributed by atoms with E-state index in [1.807, 2.05) is 0 Å². The van der Waals surface area contributed by atoms with Gasteiger partial charge in [-0.25, -0.2) is 4.57 Å². The molecule has 0 radical (unpaired) electrons. The summed E-state index contributed by atoms with van der Waals surface area (Å²) in [5.74, 6) is 0.436. The molecule has 0 saturated carbocycles. The zero-order valence-corrected chi connectivity index (χ0v) is 18.5. The molecule has 0 aliphatic rings. The normalized spacial score (nSPS) is 12.3. The van der Waals surface area contributed by atoms with E-state index < -0.39 is 0 Å². The number of aryl methyl sites for hydroxylation is 2. The molecule has 0 amide bonds. The summed E-state index contributed by atoms with van der Waals surface area (Å²) in [4.78, 5) is 0. The summed E-state index contributed by atoms with van der Waals surface area (Å²) in [6.07, 6.45) is 2.17. The predicted molar refractivity (Wildman–Crippen MR) is 128 cm³/mol. The number of hydrogen-bond donors (Lipinski definition) is 0. The molecular weight excluding hydrogens is 378 g/mol. The number of rotatable bonds is 1. The third-order valence-corrected chi connectivity index (χ3v) is 7.17. The van der Waals surface area contributed by atoms with Crippen LogP contribution in [0.4, 0.5) is 0 Å². The maximum absolute atomic E-state index is 10.1. The first-order chi connectivity index (χ1) is 14.9. The lowest BCUT2D eigenvalue weighted by atomic mass is 9.91. The monoisotopic (exact) mass is 402 g/mol. The van der Waals surface area contributed by atoms with Crippen molar-refractivity contribution in [3.05, 3.63) is 70.9 Å². The predicted octanol–water partition coefficient (Wildman–Crippen LogP) is 6.43. The smallest absolute Gasteiger partial charge is 0.224 e. The van der Waals surface area contributed by atoms with Crippen LogP contribution >= 0.6 is 0 Å². The first-order valence-corrected chi connectivity index (χ1v) is 10.9. The molecule has 3 heterocycles. The van der Waals surface area contributed by atoms with Crippen LogP contribution in [0.25, 0.3) is 49.0 Å². The van der Waals surface area contributed by atoms with Gasteiger partial charge in [-0.15, -0.1) is 0 Å². The van der Waals surface area contributed by atoms with E-state index in [0.29, 0.717) is 5.92 Å². The highest BCUT2D eigenvalue weighted by molar-refractivity contribution is 6.27. The Kier molecular flexibility index (Phi) is 3.49. The molecule has 3 heteroatoms. The standard InChI is InChI=1S/C28H24N3/c1-15(2)19-12-18-10-11-30(5)27-24-17(4)16(3)21(14-29)26-20-8-6-7-9-22(20)31(28(24)26)23(13-19)25(18)27/h6-13,15H,1-5H3/q+1. The first kappa shape index (κ1) is 18.2. The van der Waals surface area contributed by atoms with Gasteiger partial charge in [-0.3, -0.25) is 0 Å². The lowest BCUT2D eigenvalue weighted by Gasteiger charge is -2.17. The molecule has 3 nitrogen and oxygen atoms in total. The van der Waals surface area contributed by atoms with Gasteiger partial charge in [-0.2, -0.15) is 5.26 Å². The zero-order valence-electron chi connectivity index (χ0n) is 18.5. The molecule has 3 aromatic carbocycles. The minimum atomic E-state index is 0.436. The molecule has 6 rings (SSSR count). The minimum absolute atomic E-state index is 0.436. The van der Waals surface area contributed by atoms with E-state index in [0.717, 1.165) is 27.4 Å². The molecule has 0 fully saturated rings. The highest BCUT2D eigenvalue weighted by Gasteiger charge is 2.27. The number of para-hydroxylation sites is 1. The molecule has 0 spiro atoms. The van der Waals surface area contributed by atoms with Crippen molar-refractivity contribution in [1.29, 1.82) is 5.26 Å². The summed E-state index contributed by atoms with van der Waals surface area (Å²) in [6.45, 7) is 8.76. The highest BCUT2D eigenvalue weighted by Crippen LogP contribution is 2.43. The van der Waals surface area contributed by atoms with Crippen molar-refractivity contribution >= 4 is 49.0 Å². The highest BCUT2D eigenvalue weighted by atomic mass is 15.0. The van der Waals surface area contributed by atoms with Crippen LogP contribution in [0.3, 0.4) is 0 Å². The Labute approximate surface area is 181 Å². The van der Waals surface area contributed by atoms with Gasteiger partial charge in [0.15, 0.2) is 6.20 Å². The van der Waals surface area contributed by atoms with Crippen molar-refractivity contribution in [2.24, 2.45) is 7.05 Å². The van der Waals surface area contributed by atoms with E-state index in [-0.39, 0.29) is 0 Å². The largest absolute Gasteiger partial charge is 0.307 e. The topological polar surface area (TPSA) is 32.1 Å². The summed E-state index contributed by atoms with van der Waals surface area (Å²) < 4.78 is 4.66. The van der Waals surface area contributed by atoms with E-state index in [1.165, 1.54) is 43.8 Å². The second-order valence-corrected chi connectivity index (χ2v) is 9.12. The quantitative estimate of drug-likeness (QED) is 0.177.